The molecule has 0 aliphatic heterocycles. The molecule has 0 bridgehead atoms. The first-order chi connectivity index (χ1) is 4.38. The van der Waals surface area contributed by atoms with Crippen molar-refractivity contribution in [3.8, 4) is 0 Å². The molecule has 1 unspecified atom stereocenters. The minimum Gasteiger partial charge on any atom is -0.0770 e. The normalized spacial score (nSPS) is 22.6. The van der Waals surface area contributed by atoms with Crippen LogP contribution in [0.25, 0.3) is 0 Å². The second-order valence-corrected chi connectivity index (χ2v) is 3.87. The molecular weight excluding hydrogens is 223 g/mol. The van der Waals surface area contributed by atoms with Crippen molar-refractivity contribution >= 4 is 22.6 Å². The predicted molar refractivity (Wildman–Crippen MR) is 46.9 cm³/mol. The number of fused-ring (bicyclic) bond motifs is 1. The Kier molecular flexibility index (Phi) is 1.25. The average molecular weight is 230 g/mol. The smallest absolute Gasteiger partial charge is 0.0402 e. The van der Waals surface area contributed by atoms with Crippen LogP contribution in [0.1, 0.15) is 15.1 Å². The molecule has 1 heteroatoms. The fourth-order valence-electron chi connectivity index (χ4n) is 1.20. The molecule has 1 aliphatic rings. The monoisotopic (exact) mass is 230 g/mol. The van der Waals surface area contributed by atoms with Crippen LogP contribution < -0.4 is 0 Å². The van der Waals surface area contributed by atoms with Gasteiger partial charge in [0.2, 0.25) is 0 Å². The highest BCUT2D eigenvalue weighted by molar-refractivity contribution is 14.1. The SMILES string of the molecule is IC1Cc2ccccc21. The number of rotatable bonds is 0. The van der Waals surface area contributed by atoms with Crippen LogP contribution >= 0.6 is 22.6 Å². The lowest BCUT2D eigenvalue weighted by atomic mass is 9.89. The summed E-state index contributed by atoms with van der Waals surface area (Å²) in [5.74, 6) is 0. The van der Waals surface area contributed by atoms with E-state index in [9.17, 15) is 0 Å². The first-order valence-electron chi connectivity index (χ1n) is 3.10. The first kappa shape index (κ1) is 5.71. The van der Waals surface area contributed by atoms with E-state index >= 15 is 0 Å². The molecule has 0 heterocycles. The van der Waals surface area contributed by atoms with E-state index in [4.69, 9.17) is 0 Å². The molecule has 1 aromatic carbocycles. The molecule has 0 spiro atoms. The lowest BCUT2D eigenvalue weighted by molar-refractivity contribution is 0.846. The van der Waals surface area contributed by atoms with Gasteiger partial charge in [-0.25, -0.2) is 0 Å². The summed E-state index contributed by atoms with van der Waals surface area (Å²) in [6, 6.07) is 8.66. The summed E-state index contributed by atoms with van der Waals surface area (Å²) in [4.78, 5) is 0. The maximum atomic E-state index is 2.48. The van der Waals surface area contributed by atoms with E-state index in [1.54, 1.807) is 0 Å². The van der Waals surface area contributed by atoms with Gasteiger partial charge in [-0.3, -0.25) is 0 Å². The summed E-state index contributed by atoms with van der Waals surface area (Å²) in [6.45, 7) is 0. The Morgan fingerprint density at radius 3 is 2.67 bits per heavy atom. The molecule has 0 radical (unpaired) electrons. The minimum atomic E-state index is 0.791. The largest absolute Gasteiger partial charge is 0.0770 e. The molecule has 2 rings (SSSR count). The van der Waals surface area contributed by atoms with Crippen molar-refractivity contribution in [1.29, 1.82) is 0 Å². The zero-order valence-corrected chi connectivity index (χ0v) is 7.13. The standard InChI is InChI=1S/C8H7I/c9-8-5-6-3-1-2-4-7(6)8/h1-4,8H,5H2. The van der Waals surface area contributed by atoms with Gasteiger partial charge in [0, 0.05) is 3.92 Å². The third kappa shape index (κ3) is 0.784. The molecule has 0 nitrogen and oxygen atoms in total. The molecule has 46 valence electrons. The van der Waals surface area contributed by atoms with Crippen LogP contribution in [0.15, 0.2) is 24.3 Å². The second-order valence-electron chi connectivity index (χ2n) is 2.37. The van der Waals surface area contributed by atoms with Gasteiger partial charge in [0.1, 0.15) is 0 Å². The van der Waals surface area contributed by atoms with Crippen molar-refractivity contribution in [3.05, 3.63) is 35.4 Å². The maximum absolute atomic E-state index is 2.48. The van der Waals surface area contributed by atoms with Crippen molar-refractivity contribution in [2.24, 2.45) is 0 Å². The highest BCUT2D eigenvalue weighted by Crippen LogP contribution is 2.39. The number of alkyl halides is 1. The van der Waals surface area contributed by atoms with Gasteiger partial charge in [0.05, 0.1) is 0 Å². The molecule has 0 aromatic heterocycles. The van der Waals surface area contributed by atoms with Crippen LogP contribution in [0.5, 0.6) is 0 Å². The van der Waals surface area contributed by atoms with E-state index in [1.165, 1.54) is 17.5 Å². The molecular formula is C8H7I. The predicted octanol–water partition coefficient (Wildman–Crippen LogP) is 2.72. The Balaban J connectivity index is 2.51. The van der Waals surface area contributed by atoms with Crippen molar-refractivity contribution in [2.75, 3.05) is 0 Å². The highest BCUT2D eigenvalue weighted by Gasteiger charge is 2.21. The van der Waals surface area contributed by atoms with E-state index < -0.39 is 0 Å². The summed E-state index contributed by atoms with van der Waals surface area (Å²) in [6.07, 6.45) is 1.27. The molecule has 0 saturated heterocycles. The summed E-state index contributed by atoms with van der Waals surface area (Å²) >= 11 is 2.48. The Labute approximate surface area is 68.4 Å². The van der Waals surface area contributed by atoms with Crippen LogP contribution in [-0.4, -0.2) is 0 Å². The number of halogens is 1. The third-order valence-electron chi connectivity index (χ3n) is 1.79. The Bertz CT molecular complexity index is 230. The van der Waals surface area contributed by atoms with Gasteiger partial charge in [-0.2, -0.15) is 0 Å². The maximum Gasteiger partial charge on any atom is 0.0402 e. The van der Waals surface area contributed by atoms with E-state index in [1.807, 2.05) is 0 Å². The van der Waals surface area contributed by atoms with Gasteiger partial charge < -0.3 is 0 Å². The molecule has 0 fully saturated rings. The Morgan fingerprint density at radius 1 is 1.33 bits per heavy atom. The lowest BCUT2D eigenvalue weighted by Crippen LogP contribution is -2.09. The van der Waals surface area contributed by atoms with Crippen molar-refractivity contribution < 1.29 is 0 Å². The number of hydrogen-bond donors (Lipinski definition) is 0. The molecule has 1 aromatic rings. The Morgan fingerprint density at radius 2 is 2.11 bits per heavy atom. The zero-order chi connectivity index (χ0) is 6.27. The number of benzene rings is 1. The fourth-order valence-corrected chi connectivity index (χ4v) is 2.28. The quantitative estimate of drug-likeness (QED) is 0.474. The second kappa shape index (κ2) is 1.97. The average Bonchev–Trinajstić information content (AvgIpc) is 1.86. The van der Waals surface area contributed by atoms with E-state index in [0.717, 1.165) is 3.92 Å². The van der Waals surface area contributed by atoms with Gasteiger partial charge in [0.25, 0.3) is 0 Å². The van der Waals surface area contributed by atoms with Crippen LogP contribution in [0.2, 0.25) is 0 Å². The first-order valence-corrected chi connectivity index (χ1v) is 4.34. The van der Waals surface area contributed by atoms with Gasteiger partial charge >= 0.3 is 0 Å². The van der Waals surface area contributed by atoms with Crippen LogP contribution in [-0.2, 0) is 6.42 Å². The van der Waals surface area contributed by atoms with Crippen LogP contribution in [0, 0.1) is 0 Å². The summed E-state index contributed by atoms with van der Waals surface area (Å²) in [7, 11) is 0. The van der Waals surface area contributed by atoms with E-state index in [2.05, 4.69) is 46.9 Å². The molecule has 0 N–H and O–H groups in total. The number of hydrogen-bond acceptors (Lipinski definition) is 0. The van der Waals surface area contributed by atoms with Gasteiger partial charge in [-0.1, -0.05) is 46.9 Å². The molecule has 1 atom stereocenters. The van der Waals surface area contributed by atoms with Gasteiger partial charge in [-0.15, -0.1) is 0 Å². The molecule has 0 amide bonds. The van der Waals surface area contributed by atoms with Crippen molar-refractivity contribution in [2.45, 2.75) is 10.3 Å². The Hall–Kier alpha value is -0.0500. The minimum absolute atomic E-state index is 0.791. The zero-order valence-electron chi connectivity index (χ0n) is 4.97. The summed E-state index contributed by atoms with van der Waals surface area (Å²) in [5.41, 5.74) is 3.08. The van der Waals surface area contributed by atoms with E-state index in [-0.39, 0.29) is 0 Å². The van der Waals surface area contributed by atoms with Crippen LogP contribution in [0.3, 0.4) is 0 Å². The van der Waals surface area contributed by atoms with Crippen LogP contribution in [0.4, 0.5) is 0 Å². The molecule has 1 aliphatic carbocycles. The lowest BCUT2D eigenvalue weighted by Gasteiger charge is -2.24. The topological polar surface area (TPSA) is 0 Å². The van der Waals surface area contributed by atoms with Gasteiger partial charge in [0.15, 0.2) is 0 Å². The fraction of sp³-hybridized carbons (Fsp3) is 0.250. The van der Waals surface area contributed by atoms with Crippen molar-refractivity contribution in [1.82, 2.24) is 0 Å². The van der Waals surface area contributed by atoms with Gasteiger partial charge in [-0.05, 0) is 17.5 Å². The van der Waals surface area contributed by atoms with E-state index in [0.29, 0.717) is 0 Å². The summed E-state index contributed by atoms with van der Waals surface area (Å²) in [5, 5.41) is 0. The molecule has 0 saturated carbocycles. The highest BCUT2D eigenvalue weighted by atomic mass is 127. The van der Waals surface area contributed by atoms with Crippen molar-refractivity contribution in [3.63, 3.8) is 0 Å². The third-order valence-corrected chi connectivity index (χ3v) is 2.90. The molecule has 9 heavy (non-hydrogen) atoms. The summed E-state index contributed by atoms with van der Waals surface area (Å²) < 4.78 is 0.791.